The summed E-state index contributed by atoms with van der Waals surface area (Å²) in [5, 5.41) is 9.63. The standard InChI is InChI=1S/C25H26N4O2S/c1-17-15-22(18(2)26-17)23(30)16-32-25-28-27-24(20-9-11-21(31-3)12-10-20)29(25)14-13-19-7-5-4-6-8-19/h4-12,15,26H,13-14,16H2,1-3H3. The van der Waals surface area contributed by atoms with E-state index in [1.165, 1.54) is 17.3 Å². The molecule has 4 rings (SSSR count). The molecule has 0 aliphatic rings. The second kappa shape index (κ2) is 9.87. The number of ether oxygens (including phenoxy) is 1. The summed E-state index contributed by atoms with van der Waals surface area (Å²) in [4.78, 5) is 16.0. The maximum absolute atomic E-state index is 12.8. The van der Waals surface area contributed by atoms with E-state index in [2.05, 4.69) is 31.9 Å². The van der Waals surface area contributed by atoms with Gasteiger partial charge in [0, 0.05) is 29.1 Å². The van der Waals surface area contributed by atoms with Crippen molar-refractivity contribution in [2.24, 2.45) is 0 Å². The highest BCUT2D eigenvalue weighted by molar-refractivity contribution is 7.99. The van der Waals surface area contributed by atoms with Crippen LogP contribution in [0.2, 0.25) is 0 Å². The molecule has 0 amide bonds. The molecule has 0 unspecified atom stereocenters. The lowest BCUT2D eigenvalue weighted by Crippen LogP contribution is -2.08. The maximum atomic E-state index is 12.8. The number of ketones is 1. The van der Waals surface area contributed by atoms with Gasteiger partial charge >= 0.3 is 0 Å². The van der Waals surface area contributed by atoms with Gasteiger partial charge in [-0.1, -0.05) is 42.1 Å². The van der Waals surface area contributed by atoms with Gasteiger partial charge in [-0.2, -0.15) is 0 Å². The molecule has 0 saturated heterocycles. The number of nitrogens with zero attached hydrogens (tertiary/aromatic N) is 3. The van der Waals surface area contributed by atoms with Crippen LogP contribution in [0.15, 0.2) is 65.8 Å². The Morgan fingerprint density at radius 2 is 1.81 bits per heavy atom. The molecule has 0 radical (unpaired) electrons. The van der Waals surface area contributed by atoms with Crippen molar-refractivity contribution >= 4 is 17.5 Å². The number of aryl methyl sites for hydroxylation is 3. The van der Waals surface area contributed by atoms with Gasteiger partial charge in [-0.15, -0.1) is 10.2 Å². The third kappa shape index (κ3) is 4.94. The predicted octanol–water partition coefficient (Wildman–Crippen LogP) is 5.12. The van der Waals surface area contributed by atoms with Gasteiger partial charge < -0.3 is 14.3 Å². The number of carbonyl (C=O) groups is 1. The van der Waals surface area contributed by atoms with Crippen LogP contribution >= 0.6 is 11.8 Å². The van der Waals surface area contributed by atoms with Crippen molar-refractivity contribution in [3.63, 3.8) is 0 Å². The van der Waals surface area contributed by atoms with Crippen LogP contribution in [0.3, 0.4) is 0 Å². The fourth-order valence-electron chi connectivity index (χ4n) is 3.66. The monoisotopic (exact) mass is 446 g/mol. The van der Waals surface area contributed by atoms with Crippen LogP contribution in [0.25, 0.3) is 11.4 Å². The van der Waals surface area contributed by atoms with Crippen LogP contribution in [0.4, 0.5) is 0 Å². The lowest BCUT2D eigenvalue weighted by Gasteiger charge is -2.11. The number of hydrogen-bond acceptors (Lipinski definition) is 5. The Hall–Kier alpha value is -3.32. The number of methoxy groups -OCH3 is 1. The molecule has 7 heteroatoms. The number of aromatic nitrogens is 4. The van der Waals surface area contributed by atoms with Crippen LogP contribution in [0.5, 0.6) is 5.75 Å². The van der Waals surface area contributed by atoms with Gasteiger partial charge in [0.25, 0.3) is 0 Å². The van der Waals surface area contributed by atoms with E-state index in [4.69, 9.17) is 4.74 Å². The normalized spacial score (nSPS) is 11.0. The molecule has 0 aliphatic heterocycles. The number of carbonyl (C=O) groups excluding carboxylic acids is 1. The topological polar surface area (TPSA) is 72.8 Å². The first-order valence-electron chi connectivity index (χ1n) is 10.5. The van der Waals surface area contributed by atoms with Gasteiger partial charge in [0.1, 0.15) is 5.75 Å². The van der Waals surface area contributed by atoms with Crippen LogP contribution in [0.1, 0.15) is 27.3 Å². The molecule has 0 aliphatic carbocycles. The summed E-state index contributed by atoms with van der Waals surface area (Å²) in [6, 6.07) is 20.0. The Bertz CT molecular complexity index is 1200. The number of H-pyrrole nitrogens is 1. The molecule has 6 nitrogen and oxygen atoms in total. The molecule has 2 heterocycles. The molecule has 1 N–H and O–H groups in total. The molecule has 4 aromatic rings. The Labute approximate surface area is 192 Å². The van der Waals surface area contributed by atoms with Gasteiger partial charge in [0.2, 0.25) is 0 Å². The number of rotatable bonds is 9. The van der Waals surface area contributed by atoms with Crippen LogP contribution in [-0.2, 0) is 13.0 Å². The highest BCUT2D eigenvalue weighted by Crippen LogP contribution is 2.27. The third-order valence-corrected chi connectivity index (χ3v) is 6.28. The SMILES string of the molecule is COc1ccc(-c2nnc(SCC(=O)c3cc(C)[nH]c3C)n2CCc2ccccc2)cc1. The van der Waals surface area contributed by atoms with E-state index >= 15 is 0 Å². The second-order valence-corrected chi connectivity index (χ2v) is 8.57. The van der Waals surface area contributed by atoms with E-state index in [9.17, 15) is 4.79 Å². The Morgan fingerprint density at radius 1 is 1.06 bits per heavy atom. The van der Waals surface area contributed by atoms with Crippen LogP contribution in [0, 0.1) is 13.8 Å². The van der Waals surface area contributed by atoms with Crippen molar-refractivity contribution in [2.45, 2.75) is 32.0 Å². The number of Topliss-reactive ketones (excluding diaryl/α,β-unsaturated/α-hetero) is 1. The van der Waals surface area contributed by atoms with Gasteiger partial charge in [0.15, 0.2) is 16.8 Å². The lowest BCUT2D eigenvalue weighted by molar-refractivity contribution is 0.102. The average Bonchev–Trinajstić information content (AvgIpc) is 3.38. The Balaban J connectivity index is 1.58. The molecule has 2 aromatic carbocycles. The van der Waals surface area contributed by atoms with Crippen molar-refractivity contribution in [3.05, 3.63) is 83.2 Å². The zero-order chi connectivity index (χ0) is 22.5. The van der Waals surface area contributed by atoms with Gasteiger partial charge in [-0.25, -0.2) is 0 Å². The zero-order valence-corrected chi connectivity index (χ0v) is 19.3. The number of nitrogens with one attached hydrogen (secondary N) is 1. The summed E-state index contributed by atoms with van der Waals surface area (Å²) < 4.78 is 7.38. The van der Waals surface area contributed by atoms with E-state index < -0.39 is 0 Å². The van der Waals surface area contributed by atoms with Crippen molar-refractivity contribution in [2.75, 3.05) is 12.9 Å². The number of thioether (sulfide) groups is 1. The van der Waals surface area contributed by atoms with E-state index in [0.717, 1.165) is 52.2 Å². The molecule has 0 spiro atoms. The summed E-state index contributed by atoms with van der Waals surface area (Å²) in [7, 11) is 1.65. The molecular weight excluding hydrogens is 420 g/mol. The lowest BCUT2D eigenvalue weighted by atomic mass is 10.1. The Morgan fingerprint density at radius 3 is 2.47 bits per heavy atom. The van der Waals surface area contributed by atoms with E-state index in [0.29, 0.717) is 5.75 Å². The third-order valence-electron chi connectivity index (χ3n) is 5.31. The summed E-state index contributed by atoms with van der Waals surface area (Å²) in [6.45, 7) is 4.60. The van der Waals surface area contributed by atoms with Crippen molar-refractivity contribution in [1.82, 2.24) is 19.7 Å². The summed E-state index contributed by atoms with van der Waals surface area (Å²) in [5.74, 6) is 1.97. The maximum Gasteiger partial charge on any atom is 0.191 e. The van der Waals surface area contributed by atoms with Gasteiger partial charge in [-0.3, -0.25) is 4.79 Å². The highest BCUT2D eigenvalue weighted by atomic mass is 32.2. The molecule has 0 atom stereocenters. The fourth-order valence-corrected chi connectivity index (χ4v) is 4.51. The van der Waals surface area contributed by atoms with Gasteiger partial charge in [0.05, 0.1) is 12.9 Å². The molecular formula is C25H26N4O2S. The molecule has 164 valence electrons. The predicted molar refractivity (Wildman–Crippen MR) is 127 cm³/mol. The zero-order valence-electron chi connectivity index (χ0n) is 18.5. The minimum Gasteiger partial charge on any atom is -0.497 e. The molecule has 32 heavy (non-hydrogen) atoms. The van der Waals surface area contributed by atoms with Crippen molar-refractivity contribution in [1.29, 1.82) is 0 Å². The van der Waals surface area contributed by atoms with Gasteiger partial charge in [-0.05, 0) is 56.2 Å². The number of benzene rings is 2. The number of hydrogen-bond donors (Lipinski definition) is 1. The van der Waals surface area contributed by atoms with E-state index in [1.54, 1.807) is 7.11 Å². The Kier molecular flexibility index (Phi) is 6.75. The highest BCUT2D eigenvalue weighted by Gasteiger charge is 2.18. The second-order valence-electron chi connectivity index (χ2n) is 7.62. The average molecular weight is 447 g/mol. The first kappa shape index (κ1) is 21.9. The van der Waals surface area contributed by atoms with Crippen molar-refractivity contribution < 1.29 is 9.53 Å². The largest absolute Gasteiger partial charge is 0.497 e. The number of aromatic amines is 1. The first-order chi connectivity index (χ1) is 15.5. The van der Waals surface area contributed by atoms with E-state index in [-0.39, 0.29) is 5.78 Å². The minimum atomic E-state index is 0.0838. The quantitative estimate of drug-likeness (QED) is 0.285. The van der Waals surface area contributed by atoms with Crippen LogP contribution < -0.4 is 4.74 Å². The molecule has 0 fully saturated rings. The first-order valence-corrected chi connectivity index (χ1v) is 11.5. The minimum absolute atomic E-state index is 0.0838. The molecule has 0 bridgehead atoms. The summed E-state index contributed by atoms with van der Waals surface area (Å²) in [6.07, 6.45) is 0.847. The smallest absolute Gasteiger partial charge is 0.191 e. The summed E-state index contributed by atoms with van der Waals surface area (Å²) >= 11 is 1.43. The molecule has 2 aromatic heterocycles. The van der Waals surface area contributed by atoms with Crippen LogP contribution in [-0.4, -0.2) is 38.4 Å². The summed E-state index contributed by atoms with van der Waals surface area (Å²) in [5.41, 5.74) is 4.83. The van der Waals surface area contributed by atoms with E-state index in [1.807, 2.05) is 62.4 Å². The fraction of sp³-hybridized carbons (Fsp3) is 0.240. The van der Waals surface area contributed by atoms with Crippen molar-refractivity contribution in [3.8, 4) is 17.1 Å². The molecule has 0 saturated carbocycles.